The van der Waals surface area contributed by atoms with Crippen LogP contribution in [0.5, 0.6) is 0 Å². The number of hydrogen-bond acceptors (Lipinski definition) is 3. The van der Waals surface area contributed by atoms with E-state index in [4.69, 9.17) is 23.1 Å². The van der Waals surface area contributed by atoms with E-state index in [0.717, 1.165) is 30.5 Å². The quantitative estimate of drug-likeness (QED) is 0.660. The zero-order chi connectivity index (χ0) is 10.6. The molecule has 5 heteroatoms. The van der Waals surface area contributed by atoms with Crippen LogP contribution in [-0.4, -0.2) is 34.6 Å². The van der Waals surface area contributed by atoms with Crippen LogP contribution in [0.15, 0.2) is 11.3 Å². The van der Waals surface area contributed by atoms with Crippen LogP contribution in [-0.2, 0) is 4.79 Å². The molecule has 0 saturated heterocycles. The SMILES string of the molecule is NCC1=C(N(C=S)CC(=O)O)CCC1. The Morgan fingerprint density at radius 3 is 2.86 bits per heavy atom. The van der Waals surface area contributed by atoms with Gasteiger partial charge in [0, 0.05) is 12.2 Å². The molecule has 1 aliphatic rings. The summed E-state index contributed by atoms with van der Waals surface area (Å²) in [6, 6.07) is 0. The lowest BCUT2D eigenvalue weighted by atomic mass is 10.2. The predicted octanol–water partition coefficient (Wildman–Crippen LogP) is 0.727. The number of allylic oxidation sites excluding steroid dienone is 1. The fourth-order valence-electron chi connectivity index (χ4n) is 1.70. The summed E-state index contributed by atoms with van der Waals surface area (Å²) in [7, 11) is 0. The van der Waals surface area contributed by atoms with Gasteiger partial charge >= 0.3 is 5.97 Å². The molecule has 1 aliphatic carbocycles. The molecule has 0 saturated carbocycles. The van der Waals surface area contributed by atoms with Crippen molar-refractivity contribution in [3.05, 3.63) is 11.3 Å². The minimum Gasteiger partial charge on any atom is -0.480 e. The Bertz CT molecular complexity index is 276. The van der Waals surface area contributed by atoms with Crippen molar-refractivity contribution < 1.29 is 9.90 Å². The summed E-state index contributed by atoms with van der Waals surface area (Å²) >= 11 is 4.79. The Hall–Kier alpha value is -0.940. The number of nitrogens with zero attached hydrogens (tertiary/aromatic N) is 1. The van der Waals surface area contributed by atoms with Gasteiger partial charge in [0.25, 0.3) is 0 Å². The maximum absolute atomic E-state index is 10.6. The van der Waals surface area contributed by atoms with E-state index in [-0.39, 0.29) is 6.54 Å². The maximum Gasteiger partial charge on any atom is 0.323 e. The molecule has 0 aromatic rings. The zero-order valence-electron chi connectivity index (χ0n) is 7.90. The first-order valence-electron chi connectivity index (χ1n) is 4.53. The first kappa shape index (κ1) is 11.1. The molecule has 0 aromatic carbocycles. The van der Waals surface area contributed by atoms with E-state index in [2.05, 4.69) is 0 Å². The van der Waals surface area contributed by atoms with Gasteiger partial charge in [0.15, 0.2) is 0 Å². The standard InChI is InChI=1S/C9H14N2O2S/c10-4-7-2-1-3-8(7)11(6-14)5-9(12)13/h6H,1-5,10H2,(H,12,13). The summed E-state index contributed by atoms with van der Waals surface area (Å²) in [6.07, 6.45) is 2.89. The van der Waals surface area contributed by atoms with Crippen molar-refractivity contribution >= 4 is 23.7 Å². The first-order valence-corrected chi connectivity index (χ1v) is 5.01. The summed E-state index contributed by atoms with van der Waals surface area (Å²) in [5.41, 5.74) is 9.10. The fourth-order valence-corrected chi connectivity index (χ4v) is 1.90. The topological polar surface area (TPSA) is 66.6 Å². The number of nitrogens with two attached hydrogens (primary N) is 1. The molecule has 0 unspecified atom stereocenters. The van der Waals surface area contributed by atoms with E-state index in [1.807, 2.05) is 0 Å². The molecule has 3 N–H and O–H groups in total. The van der Waals surface area contributed by atoms with E-state index in [0.29, 0.717) is 6.54 Å². The normalized spacial score (nSPS) is 15.8. The Morgan fingerprint density at radius 1 is 1.64 bits per heavy atom. The molecule has 0 spiro atoms. The molecule has 14 heavy (non-hydrogen) atoms. The third-order valence-corrected chi connectivity index (χ3v) is 2.58. The number of carbonyl (C=O) groups is 1. The molecular formula is C9H14N2O2S. The smallest absolute Gasteiger partial charge is 0.323 e. The predicted molar refractivity (Wildman–Crippen MR) is 57.9 cm³/mol. The number of carboxylic acids is 1. The summed E-state index contributed by atoms with van der Waals surface area (Å²) < 4.78 is 0. The molecule has 0 atom stereocenters. The molecule has 0 fully saturated rings. The molecule has 4 nitrogen and oxygen atoms in total. The molecule has 78 valence electrons. The summed E-state index contributed by atoms with van der Waals surface area (Å²) in [5.74, 6) is -0.873. The minimum atomic E-state index is -0.873. The van der Waals surface area contributed by atoms with E-state index in [1.165, 1.54) is 5.49 Å². The monoisotopic (exact) mass is 214 g/mol. The second-order valence-electron chi connectivity index (χ2n) is 3.23. The fraction of sp³-hybridized carbons (Fsp3) is 0.556. The minimum absolute atomic E-state index is 0.0671. The van der Waals surface area contributed by atoms with Crippen molar-refractivity contribution in [3.8, 4) is 0 Å². The average molecular weight is 214 g/mol. The van der Waals surface area contributed by atoms with Crippen molar-refractivity contribution in [1.29, 1.82) is 0 Å². The number of aliphatic carboxylic acids is 1. The van der Waals surface area contributed by atoms with Crippen LogP contribution in [0.25, 0.3) is 0 Å². The zero-order valence-corrected chi connectivity index (χ0v) is 8.72. The van der Waals surface area contributed by atoms with Crippen LogP contribution < -0.4 is 5.73 Å². The maximum atomic E-state index is 10.6. The van der Waals surface area contributed by atoms with Gasteiger partial charge in [-0.2, -0.15) is 0 Å². The molecule has 0 bridgehead atoms. The molecule has 0 aromatic heterocycles. The van der Waals surface area contributed by atoms with Crippen LogP contribution in [0.4, 0.5) is 0 Å². The number of hydrogen-bond donors (Lipinski definition) is 2. The molecule has 0 radical (unpaired) electrons. The lowest BCUT2D eigenvalue weighted by Gasteiger charge is -2.19. The molecule has 0 heterocycles. The van der Waals surface area contributed by atoms with E-state index >= 15 is 0 Å². The summed E-state index contributed by atoms with van der Waals surface area (Å²) in [5, 5.41) is 8.67. The number of carboxylic acid groups (broad SMARTS) is 1. The van der Waals surface area contributed by atoms with Gasteiger partial charge in [-0.1, -0.05) is 12.2 Å². The van der Waals surface area contributed by atoms with Gasteiger partial charge < -0.3 is 15.7 Å². The Balaban J connectivity index is 2.77. The van der Waals surface area contributed by atoms with Gasteiger partial charge in [-0.05, 0) is 24.8 Å². The van der Waals surface area contributed by atoms with Crippen LogP contribution in [0.3, 0.4) is 0 Å². The molecule has 1 rings (SSSR count). The number of rotatable bonds is 5. The van der Waals surface area contributed by atoms with Gasteiger partial charge in [0.1, 0.15) is 6.54 Å². The van der Waals surface area contributed by atoms with Crippen LogP contribution >= 0.6 is 12.2 Å². The van der Waals surface area contributed by atoms with Crippen LogP contribution in [0.1, 0.15) is 19.3 Å². The van der Waals surface area contributed by atoms with Gasteiger partial charge in [-0.25, -0.2) is 0 Å². The van der Waals surface area contributed by atoms with Crippen molar-refractivity contribution in [2.45, 2.75) is 19.3 Å². The Labute approximate surface area is 88.4 Å². The highest BCUT2D eigenvalue weighted by Crippen LogP contribution is 2.27. The van der Waals surface area contributed by atoms with Gasteiger partial charge in [0.05, 0.1) is 5.49 Å². The second kappa shape index (κ2) is 5.07. The third kappa shape index (κ3) is 2.52. The van der Waals surface area contributed by atoms with Crippen molar-refractivity contribution in [2.75, 3.05) is 13.1 Å². The first-order chi connectivity index (χ1) is 6.69. The van der Waals surface area contributed by atoms with Crippen molar-refractivity contribution in [1.82, 2.24) is 4.90 Å². The second-order valence-corrected chi connectivity index (χ2v) is 3.45. The highest BCUT2D eigenvalue weighted by Gasteiger charge is 2.19. The average Bonchev–Trinajstić information content (AvgIpc) is 2.61. The highest BCUT2D eigenvalue weighted by molar-refractivity contribution is 7.78. The van der Waals surface area contributed by atoms with Crippen molar-refractivity contribution in [2.24, 2.45) is 5.73 Å². The Morgan fingerprint density at radius 2 is 2.36 bits per heavy atom. The van der Waals surface area contributed by atoms with E-state index < -0.39 is 5.97 Å². The third-order valence-electron chi connectivity index (χ3n) is 2.33. The van der Waals surface area contributed by atoms with E-state index in [1.54, 1.807) is 4.90 Å². The van der Waals surface area contributed by atoms with Crippen LogP contribution in [0, 0.1) is 0 Å². The lowest BCUT2D eigenvalue weighted by molar-refractivity contribution is -0.137. The summed E-state index contributed by atoms with van der Waals surface area (Å²) in [6.45, 7) is 0.428. The molecular weight excluding hydrogens is 200 g/mol. The summed E-state index contributed by atoms with van der Waals surface area (Å²) in [4.78, 5) is 12.2. The lowest BCUT2D eigenvalue weighted by Crippen LogP contribution is -2.28. The van der Waals surface area contributed by atoms with Crippen molar-refractivity contribution in [3.63, 3.8) is 0 Å². The van der Waals surface area contributed by atoms with Crippen LogP contribution in [0.2, 0.25) is 0 Å². The van der Waals surface area contributed by atoms with E-state index in [9.17, 15) is 4.79 Å². The van der Waals surface area contributed by atoms with Gasteiger partial charge in [0.2, 0.25) is 0 Å². The van der Waals surface area contributed by atoms with Gasteiger partial charge in [-0.3, -0.25) is 4.79 Å². The molecule has 0 amide bonds. The largest absolute Gasteiger partial charge is 0.480 e. The molecule has 0 aliphatic heterocycles. The Kier molecular flexibility index (Phi) is 4.03. The van der Waals surface area contributed by atoms with Gasteiger partial charge in [-0.15, -0.1) is 0 Å². The number of thiocarbonyl (C=S) groups is 1. The highest BCUT2D eigenvalue weighted by atomic mass is 32.1.